The summed E-state index contributed by atoms with van der Waals surface area (Å²) in [4.78, 5) is 1.21. The molecule has 0 atom stereocenters. The molecule has 2 heterocycles. The van der Waals surface area contributed by atoms with Crippen molar-refractivity contribution in [1.82, 2.24) is 0 Å². The van der Waals surface area contributed by atoms with Crippen LogP contribution < -0.4 is 0 Å². The Hall–Kier alpha value is -1.89. The molecule has 0 fully saturated rings. The Bertz CT molecular complexity index is 638. The molecule has 0 aromatic carbocycles. The molecule has 3 rings (SSSR count). The van der Waals surface area contributed by atoms with Gasteiger partial charge in [0.05, 0.1) is 11.6 Å². The van der Waals surface area contributed by atoms with Crippen LogP contribution in [0, 0.1) is 13.0 Å². The van der Waals surface area contributed by atoms with E-state index < -0.39 is 0 Å². The predicted molar refractivity (Wildman–Crippen MR) is 76.3 cm³/mol. The van der Waals surface area contributed by atoms with E-state index in [0.29, 0.717) is 0 Å². The Morgan fingerprint density at radius 2 is 2.17 bits per heavy atom. The fourth-order valence-corrected chi connectivity index (χ4v) is 2.85. The number of hydrogen-bond acceptors (Lipinski definition) is 2. The van der Waals surface area contributed by atoms with Crippen LogP contribution in [-0.4, -0.2) is 0 Å². The van der Waals surface area contributed by atoms with Crippen molar-refractivity contribution in [2.24, 2.45) is 0 Å². The monoisotopic (exact) mass is 253 g/mol. The van der Waals surface area contributed by atoms with Crippen LogP contribution in [0.25, 0.3) is 16.9 Å². The lowest BCUT2D eigenvalue weighted by Crippen LogP contribution is -1.79. The van der Waals surface area contributed by atoms with Crippen LogP contribution in [0.2, 0.25) is 0 Å². The fourth-order valence-electron chi connectivity index (χ4n) is 1.96. The average Bonchev–Trinajstić information content (AvgIpc) is 2.92. The molecule has 2 heteroatoms. The van der Waals surface area contributed by atoms with Gasteiger partial charge in [-0.2, -0.15) is 0 Å². The minimum Gasteiger partial charge on any atom is -0.460 e. The number of thiophene rings is 1. The van der Waals surface area contributed by atoms with E-state index in [1.54, 1.807) is 11.3 Å². The zero-order valence-corrected chi connectivity index (χ0v) is 11.0. The Morgan fingerprint density at radius 1 is 1.22 bits per heavy atom. The van der Waals surface area contributed by atoms with Crippen molar-refractivity contribution in [3.8, 4) is 11.3 Å². The molecule has 0 radical (unpaired) electrons. The quantitative estimate of drug-likeness (QED) is 0.685. The van der Waals surface area contributed by atoms with Crippen molar-refractivity contribution >= 4 is 16.9 Å². The van der Waals surface area contributed by atoms with Crippen LogP contribution in [-0.2, 0) is 0 Å². The Morgan fingerprint density at radius 3 is 3.00 bits per heavy atom. The number of aryl methyl sites for hydroxylation is 1. The molecule has 1 nitrogen and oxygen atoms in total. The minimum absolute atomic E-state index is 0.930. The van der Waals surface area contributed by atoms with Gasteiger partial charge in [0, 0.05) is 24.0 Å². The van der Waals surface area contributed by atoms with Gasteiger partial charge in [0.2, 0.25) is 0 Å². The third-order valence-corrected chi connectivity index (χ3v) is 3.78. The molecule has 2 aromatic rings. The molecule has 0 unspecified atom stereocenters. The van der Waals surface area contributed by atoms with Crippen LogP contribution in [0.3, 0.4) is 0 Å². The van der Waals surface area contributed by atoms with Crippen molar-refractivity contribution in [3.63, 3.8) is 0 Å². The van der Waals surface area contributed by atoms with Gasteiger partial charge in [-0.25, -0.2) is 0 Å². The van der Waals surface area contributed by atoms with Gasteiger partial charge >= 0.3 is 0 Å². The molecule has 1 aliphatic rings. The van der Waals surface area contributed by atoms with Crippen LogP contribution in [0.15, 0.2) is 52.3 Å². The SMILES string of the molecule is Cc1ccc(-c2ccsc2C2=[C+]C=CCC=C2)o1. The lowest BCUT2D eigenvalue weighted by molar-refractivity contribution is 0.548. The predicted octanol–water partition coefficient (Wildman–Crippen LogP) is 5.02. The summed E-state index contributed by atoms with van der Waals surface area (Å²) in [5.41, 5.74) is 2.28. The molecule has 0 saturated carbocycles. The maximum absolute atomic E-state index is 5.71. The first-order chi connectivity index (χ1) is 8.84. The molecule has 0 saturated heterocycles. The maximum atomic E-state index is 5.71. The third-order valence-electron chi connectivity index (χ3n) is 2.83. The number of allylic oxidation sites excluding steroid dienone is 6. The lowest BCUT2D eigenvalue weighted by Gasteiger charge is -1.95. The molecule has 18 heavy (non-hydrogen) atoms. The van der Waals surface area contributed by atoms with E-state index in [1.165, 1.54) is 4.88 Å². The van der Waals surface area contributed by atoms with Crippen molar-refractivity contribution in [3.05, 3.63) is 64.6 Å². The standard InChI is InChI=1S/C16H13OS/c1-12-8-9-15(17-12)14-10-11-18-16(14)13-6-4-2-3-5-7-13/h2,4-5,7-11H,3H2,1H3/q+1. The lowest BCUT2D eigenvalue weighted by atomic mass is 10.1. The first-order valence-electron chi connectivity index (χ1n) is 5.94. The third kappa shape index (κ3) is 2.08. The van der Waals surface area contributed by atoms with E-state index in [2.05, 4.69) is 35.8 Å². The maximum Gasteiger partial charge on any atom is 0.164 e. The second-order valence-corrected chi connectivity index (χ2v) is 5.09. The molecule has 0 aliphatic heterocycles. The van der Waals surface area contributed by atoms with Crippen LogP contribution in [0.1, 0.15) is 17.1 Å². The van der Waals surface area contributed by atoms with Crippen LogP contribution in [0.4, 0.5) is 0 Å². The highest BCUT2D eigenvalue weighted by molar-refractivity contribution is 7.11. The molecule has 0 bridgehead atoms. The largest absolute Gasteiger partial charge is 0.460 e. The van der Waals surface area contributed by atoms with Gasteiger partial charge in [-0.3, -0.25) is 0 Å². The molecule has 0 N–H and O–H groups in total. The fraction of sp³-hybridized carbons (Fsp3) is 0.125. The summed E-state index contributed by atoms with van der Waals surface area (Å²) in [5, 5.41) is 2.10. The summed E-state index contributed by atoms with van der Waals surface area (Å²) >= 11 is 1.72. The highest BCUT2D eigenvalue weighted by Crippen LogP contribution is 2.35. The number of hydrogen-bond donors (Lipinski definition) is 0. The van der Waals surface area contributed by atoms with Gasteiger partial charge in [0.15, 0.2) is 5.57 Å². The normalized spacial score (nSPS) is 14.2. The summed E-state index contributed by atoms with van der Waals surface area (Å²) < 4.78 is 5.71. The van der Waals surface area contributed by atoms with Gasteiger partial charge in [-0.05, 0) is 37.3 Å². The second-order valence-electron chi connectivity index (χ2n) is 4.17. The van der Waals surface area contributed by atoms with Gasteiger partial charge < -0.3 is 4.42 Å². The van der Waals surface area contributed by atoms with E-state index >= 15 is 0 Å². The summed E-state index contributed by atoms with van der Waals surface area (Å²) in [6.07, 6.45) is 12.7. The van der Waals surface area contributed by atoms with Gasteiger partial charge in [-0.15, -0.1) is 0 Å². The summed E-state index contributed by atoms with van der Waals surface area (Å²) in [6.45, 7) is 1.97. The summed E-state index contributed by atoms with van der Waals surface area (Å²) in [5.74, 6) is 1.87. The zero-order chi connectivity index (χ0) is 12.4. The second kappa shape index (κ2) is 4.77. The topological polar surface area (TPSA) is 13.1 Å². The minimum atomic E-state index is 0.930. The van der Waals surface area contributed by atoms with E-state index in [1.807, 2.05) is 25.1 Å². The van der Waals surface area contributed by atoms with Crippen molar-refractivity contribution in [2.75, 3.05) is 0 Å². The number of furan rings is 1. The van der Waals surface area contributed by atoms with E-state index in [9.17, 15) is 0 Å². The Labute approximate surface area is 111 Å². The van der Waals surface area contributed by atoms with Crippen molar-refractivity contribution in [1.29, 1.82) is 0 Å². The highest BCUT2D eigenvalue weighted by Gasteiger charge is 2.18. The van der Waals surface area contributed by atoms with E-state index in [4.69, 9.17) is 4.42 Å². The Kier molecular flexibility index (Phi) is 2.97. The van der Waals surface area contributed by atoms with E-state index in [-0.39, 0.29) is 0 Å². The first kappa shape index (κ1) is 11.2. The van der Waals surface area contributed by atoms with Crippen LogP contribution in [0.5, 0.6) is 0 Å². The molecular weight excluding hydrogens is 240 g/mol. The van der Waals surface area contributed by atoms with Gasteiger partial charge in [0.25, 0.3) is 0 Å². The molecule has 2 aromatic heterocycles. The van der Waals surface area contributed by atoms with E-state index in [0.717, 1.165) is 29.1 Å². The summed E-state index contributed by atoms with van der Waals surface area (Å²) in [7, 11) is 0. The average molecular weight is 253 g/mol. The zero-order valence-electron chi connectivity index (χ0n) is 10.1. The molecule has 0 spiro atoms. The van der Waals surface area contributed by atoms with Crippen LogP contribution >= 0.6 is 11.3 Å². The molecule has 0 amide bonds. The molecular formula is C16H13OS+. The smallest absolute Gasteiger partial charge is 0.164 e. The summed E-state index contributed by atoms with van der Waals surface area (Å²) in [6, 6.07) is 6.13. The molecule has 88 valence electrons. The van der Waals surface area contributed by atoms with Gasteiger partial charge in [-0.1, -0.05) is 11.3 Å². The van der Waals surface area contributed by atoms with Crippen molar-refractivity contribution in [2.45, 2.75) is 13.3 Å². The Balaban J connectivity index is 2.06. The highest BCUT2D eigenvalue weighted by atomic mass is 32.1. The van der Waals surface area contributed by atoms with Crippen molar-refractivity contribution < 1.29 is 4.42 Å². The first-order valence-corrected chi connectivity index (χ1v) is 6.82. The molecule has 1 aliphatic carbocycles. The van der Waals surface area contributed by atoms with Gasteiger partial charge in [0.1, 0.15) is 16.4 Å². The number of rotatable bonds is 2.